The van der Waals surface area contributed by atoms with Gasteiger partial charge in [-0.25, -0.2) is 0 Å². The van der Waals surface area contributed by atoms with E-state index < -0.39 is 0 Å². The highest BCUT2D eigenvalue weighted by atomic mass is 16.3. The highest BCUT2D eigenvalue weighted by molar-refractivity contribution is 5.20. The van der Waals surface area contributed by atoms with E-state index in [1.807, 2.05) is 37.3 Å². The van der Waals surface area contributed by atoms with Gasteiger partial charge in [-0.2, -0.15) is 0 Å². The molecule has 0 aliphatic heterocycles. The third-order valence-corrected chi connectivity index (χ3v) is 2.18. The summed E-state index contributed by atoms with van der Waals surface area (Å²) in [5, 5.41) is 8.84. The third-order valence-electron chi connectivity index (χ3n) is 2.18. The number of nitrogens with two attached hydrogens (primary N) is 1. The highest BCUT2D eigenvalue weighted by Crippen LogP contribution is 2.16. The van der Waals surface area contributed by atoms with Crippen molar-refractivity contribution in [2.24, 2.45) is 5.73 Å². The molecule has 3 N–H and O–H groups in total. The summed E-state index contributed by atoms with van der Waals surface area (Å²) in [5.41, 5.74) is 6.88. The highest BCUT2D eigenvalue weighted by Gasteiger charge is 2.12. The van der Waals surface area contributed by atoms with Crippen molar-refractivity contribution in [3.05, 3.63) is 35.9 Å². The second kappa shape index (κ2) is 4.24. The number of rotatable bonds is 3. The third kappa shape index (κ3) is 2.06. The van der Waals surface area contributed by atoms with Crippen LogP contribution in [0.3, 0.4) is 0 Å². The van der Waals surface area contributed by atoms with Crippen LogP contribution >= 0.6 is 0 Å². The average Bonchev–Trinajstić information content (AvgIpc) is 2.17. The average molecular weight is 165 g/mol. The summed E-state index contributed by atoms with van der Waals surface area (Å²) in [5.74, 6) is 0.219. The zero-order valence-electron chi connectivity index (χ0n) is 7.27. The van der Waals surface area contributed by atoms with Gasteiger partial charge in [0.25, 0.3) is 0 Å². The topological polar surface area (TPSA) is 46.2 Å². The minimum absolute atomic E-state index is 0.0378. The van der Waals surface area contributed by atoms with E-state index in [0.29, 0.717) is 0 Å². The lowest BCUT2D eigenvalue weighted by atomic mass is 9.95. The predicted molar refractivity (Wildman–Crippen MR) is 49.9 cm³/mol. The molecule has 2 atom stereocenters. The lowest BCUT2D eigenvalue weighted by molar-refractivity contribution is 0.252. The molecule has 1 aromatic carbocycles. The molecule has 0 heterocycles. The fourth-order valence-corrected chi connectivity index (χ4v) is 1.16. The van der Waals surface area contributed by atoms with Gasteiger partial charge in [0.15, 0.2) is 0 Å². The second-order valence-corrected chi connectivity index (χ2v) is 3.05. The predicted octanol–water partition coefficient (Wildman–Crippen LogP) is 1.11. The van der Waals surface area contributed by atoms with Crippen molar-refractivity contribution >= 4 is 0 Å². The van der Waals surface area contributed by atoms with E-state index >= 15 is 0 Å². The molecule has 12 heavy (non-hydrogen) atoms. The first-order valence-corrected chi connectivity index (χ1v) is 4.17. The molecule has 1 aromatic rings. The van der Waals surface area contributed by atoms with Crippen LogP contribution < -0.4 is 5.73 Å². The van der Waals surface area contributed by atoms with Crippen LogP contribution in [0.15, 0.2) is 30.3 Å². The SMILES string of the molecule is C[C@H](c1ccccc1)[C@@H](N)CO. The van der Waals surface area contributed by atoms with E-state index in [1.54, 1.807) is 0 Å². The van der Waals surface area contributed by atoms with Gasteiger partial charge in [0.05, 0.1) is 6.61 Å². The van der Waals surface area contributed by atoms with Gasteiger partial charge >= 0.3 is 0 Å². The standard InChI is InChI=1S/C10H15NO/c1-8(10(11)7-12)9-5-3-2-4-6-9/h2-6,8,10,12H,7,11H2,1H3/t8-,10+/m1/s1. The summed E-state index contributed by atoms with van der Waals surface area (Å²) < 4.78 is 0. The Bertz CT molecular complexity index is 223. The summed E-state index contributed by atoms with van der Waals surface area (Å²) in [7, 11) is 0. The van der Waals surface area contributed by atoms with Crippen molar-refractivity contribution in [2.45, 2.75) is 18.9 Å². The summed E-state index contributed by atoms with van der Waals surface area (Å²) in [6.07, 6.45) is 0. The minimum Gasteiger partial charge on any atom is -0.395 e. The molecule has 0 aromatic heterocycles. The zero-order chi connectivity index (χ0) is 8.97. The Morgan fingerprint density at radius 1 is 1.33 bits per heavy atom. The molecule has 0 aliphatic carbocycles. The first-order chi connectivity index (χ1) is 5.75. The largest absolute Gasteiger partial charge is 0.395 e. The Kier molecular flexibility index (Phi) is 3.26. The molecule has 0 bridgehead atoms. The van der Waals surface area contributed by atoms with Crippen molar-refractivity contribution < 1.29 is 5.11 Å². The van der Waals surface area contributed by atoms with Crippen LogP contribution in [-0.4, -0.2) is 17.8 Å². The van der Waals surface area contributed by atoms with Crippen LogP contribution in [0.2, 0.25) is 0 Å². The molecule has 0 fully saturated rings. The zero-order valence-corrected chi connectivity index (χ0v) is 7.27. The maximum Gasteiger partial charge on any atom is 0.0588 e. The van der Waals surface area contributed by atoms with Gasteiger partial charge in [0, 0.05) is 6.04 Å². The Morgan fingerprint density at radius 2 is 1.92 bits per heavy atom. The molecule has 0 saturated heterocycles. The van der Waals surface area contributed by atoms with E-state index in [1.165, 1.54) is 5.56 Å². The molecule has 0 amide bonds. The van der Waals surface area contributed by atoms with Crippen LogP contribution in [0.1, 0.15) is 18.4 Å². The van der Waals surface area contributed by atoms with Crippen molar-refractivity contribution in [3.8, 4) is 0 Å². The summed E-state index contributed by atoms with van der Waals surface area (Å²) >= 11 is 0. The summed E-state index contributed by atoms with van der Waals surface area (Å²) in [6.45, 7) is 2.06. The maximum atomic E-state index is 8.84. The van der Waals surface area contributed by atoms with Gasteiger partial charge < -0.3 is 10.8 Å². The minimum atomic E-state index is -0.160. The molecule has 1 rings (SSSR count). The number of aliphatic hydroxyl groups is 1. The molecule has 0 aliphatic rings. The lowest BCUT2D eigenvalue weighted by Gasteiger charge is -2.17. The monoisotopic (exact) mass is 165 g/mol. The first-order valence-electron chi connectivity index (χ1n) is 4.17. The van der Waals surface area contributed by atoms with Crippen molar-refractivity contribution in [1.82, 2.24) is 0 Å². The molecular weight excluding hydrogens is 150 g/mol. The molecule has 2 heteroatoms. The van der Waals surface area contributed by atoms with E-state index in [2.05, 4.69) is 0 Å². The molecule has 0 spiro atoms. The van der Waals surface area contributed by atoms with E-state index in [4.69, 9.17) is 10.8 Å². The Labute approximate surface area is 73.0 Å². The molecule has 0 radical (unpaired) electrons. The second-order valence-electron chi connectivity index (χ2n) is 3.05. The normalized spacial score (nSPS) is 15.6. The summed E-state index contributed by atoms with van der Waals surface area (Å²) in [6, 6.07) is 9.83. The number of aliphatic hydroxyl groups excluding tert-OH is 1. The molecule has 66 valence electrons. The lowest BCUT2D eigenvalue weighted by Crippen LogP contribution is -2.30. The van der Waals surface area contributed by atoms with Crippen LogP contribution in [0.5, 0.6) is 0 Å². The fourth-order valence-electron chi connectivity index (χ4n) is 1.16. The van der Waals surface area contributed by atoms with E-state index in [0.717, 1.165) is 0 Å². The van der Waals surface area contributed by atoms with Crippen molar-refractivity contribution in [3.63, 3.8) is 0 Å². The quantitative estimate of drug-likeness (QED) is 0.704. The molecule has 0 unspecified atom stereocenters. The van der Waals surface area contributed by atoms with Gasteiger partial charge in [-0.1, -0.05) is 37.3 Å². The van der Waals surface area contributed by atoms with Gasteiger partial charge in [0.2, 0.25) is 0 Å². The summed E-state index contributed by atoms with van der Waals surface area (Å²) in [4.78, 5) is 0. The van der Waals surface area contributed by atoms with Gasteiger partial charge in [0.1, 0.15) is 0 Å². The first kappa shape index (κ1) is 9.23. The fraction of sp³-hybridized carbons (Fsp3) is 0.400. The van der Waals surface area contributed by atoms with Crippen LogP contribution in [0, 0.1) is 0 Å². The van der Waals surface area contributed by atoms with Crippen molar-refractivity contribution in [2.75, 3.05) is 6.61 Å². The molecule has 2 nitrogen and oxygen atoms in total. The Hall–Kier alpha value is -0.860. The van der Waals surface area contributed by atoms with Gasteiger partial charge in [-0.05, 0) is 11.5 Å². The van der Waals surface area contributed by atoms with E-state index in [-0.39, 0.29) is 18.6 Å². The molecular formula is C10H15NO. The number of benzene rings is 1. The van der Waals surface area contributed by atoms with Crippen LogP contribution in [0.4, 0.5) is 0 Å². The van der Waals surface area contributed by atoms with Crippen LogP contribution in [-0.2, 0) is 0 Å². The van der Waals surface area contributed by atoms with E-state index in [9.17, 15) is 0 Å². The van der Waals surface area contributed by atoms with Gasteiger partial charge in [-0.15, -0.1) is 0 Å². The maximum absolute atomic E-state index is 8.84. The number of hydrogen-bond donors (Lipinski definition) is 2. The smallest absolute Gasteiger partial charge is 0.0588 e. The molecule has 0 saturated carbocycles. The Balaban J connectivity index is 2.71. The number of hydrogen-bond acceptors (Lipinski definition) is 2. The van der Waals surface area contributed by atoms with Crippen LogP contribution in [0.25, 0.3) is 0 Å². The van der Waals surface area contributed by atoms with Gasteiger partial charge in [-0.3, -0.25) is 0 Å². The Morgan fingerprint density at radius 3 is 2.42 bits per heavy atom. The van der Waals surface area contributed by atoms with Crippen molar-refractivity contribution in [1.29, 1.82) is 0 Å².